The van der Waals surface area contributed by atoms with Gasteiger partial charge in [-0.25, -0.2) is 0 Å². The fourth-order valence-electron chi connectivity index (χ4n) is 1.63. The first-order chi connectivity index (χ1) is 8.33. The first kappa shape index (κ1) is 12.1. The van der Waals surface area contributed by atoms with E-state index in [-0.39, 0.29) is 0 Å². The van der Waals surface area contributed by atoms with Gasteiger partial charge in [0.2, 0.25) is 0 Å². The molecule has 2 aromatic carbocycles. The second-order valence-corrected chi connectivity index (χ2v) is 4.41. The molecule has 0 aliphatic rings. The lowest BCUT2D eigenvalue weighted by Gasteiger charge is -2.08. The Kier molecular flexibility index (Phi) is 4.18. The molecular formula is C14H14BrNO. The number of hydrogen-bond acceptors (Lipinski definition) is 2. The highest BCUT2D eigenvalue weighted by atomic mass is 79.9. The van der Waals surface area contributed by atoms with Crippen molar-refractivity contribution >= 4 is 26.7 Å². The third kappa shape index (κ3) is 2.87. The van der Waals surface area contributed by atoms with Crippen LogP contribution in [0.4, 0.5) is 0 Å². The van der Waals surface area contributed by atoms with Gasteiger partial charge >= 0.3 is 0 Å². The Bertz CT molecular complexity index is 537. The number of ether oxygens (including phenoxy) is 1. The van der Waals surface area contributed by atoms with Crippen LogP contribution in [0, 0.1) is 0 Å². The average molecular weight is 292 g/mol. The van der Waals surface area contributed by atoms with E-state index in [9.17, 15) is 0 Å². The fourth-order valence-corrected chi connectivity index (χ4v) is 2.23. The summed E-state index contributed by atoms with van der Waals surface area (Å²) in [4.78, 5) is 0. The molecule has 88 valence electrons. The SMILES string of the molecule is NCC=CCOc1ccc2ccccc2c1Br. The number of halogens is 1. The van der Waals surface area contributed by atoms with Crippen molar-refractivity contribution in [1.82, 2.24) is 0 Å². The van der Waals surface area contributed by atoms with Crippen LogP contribution in [0.3, 0.4) is 0 Å². The van der Waals surface area contributed by atoms with Gasteiger partial charge in [0.1, 0.15) is 12.4 Å². The molecule has 0 amide bonds. The van der Waals surface area contributed by atoms with Gasteiger partial charge < -0.3 is 10.5 Å². The summed E-state index contributed by atoms with van der Waals surface area (Å²) in [5.41, 5.74) is 5.36. The van der Waals surface area contributed by atoms with Crippen LogP contribution in [0.2, 0.25) is 0 Å². The van der Waals surface area contributed by atoms with Gasteiger partial charge in [0, 0.05) is 6.54 Å². The van der Waals surface area contributed by atoms with Crippen molar-refractivity contribution < 1.29 is 4.74 Å². The first-order valence-electron chi connectivity index (χ1n) is 5.48. The molecule has 2 N–H and O–H groups in total. The summed E-state index contributed by atoms with van der Waals surface area (Å²) in [5, 5.41) is 2.36. The average Bonchev–Trinajstić information content (AvgIpc) is 2.37. The van der Waals surface area contributed by atoms with Crippen LogP contribution in [0.5, 0.6) is 5.75 Å². The molecule has 0 saturated carbocycles. The quantitative estimate of drug-likeness (QED) is 0.875. The molecule has 2 rings (SSSR count). The molecule has 0 spiro atoms. The van der Waals surface area contributed by atoms with Crippen molar-refractivity contribution in [2.75, 3.05) is 13.2 Å². The lowest BCUT2D eigenvalue weighted by atomic mass is 10.1. The minimum absolute atomic E-state index is 0.536. The van der Waals surface area contributed by atoms with Crippen LogP contribution < -0.4 is 10.5 Å². The smallest absolute Gasteiger partial charge is 0.134 e. The van der Waals surface area contributed by atoms with E-state index in [0.29, 0.717) is 13.2 Å². The maximum atomic E-state index is 5.66. The van der Waals surface area contributed by atoms with Crippen LogP contribution in [-0.4, -0.2) is 13.2 Å². The standard InChI is InChI=1S/C14H14BrNO/c15-14-12-6-2-1-5-11(12)7-8-13(14)17-10-4-3-9-16/h1-8H,9-10,16H2. The monoisotopic (exact) mass is 291 g/mol. The minimum Gasteiger partial charge on any atom is -0.488 e. The van der Waals surface area contributed by atoms with Gasteiger partial charge in [0.05, 0.1) is 4.47 Å². The second kappa shape index (κ2) is 5.84. The zero-order chi connectivity index (χ0) is 12.1. The Morgan fingerprint density at radius 3 is 2.76 bits per heavy atom. The van der Waals surface area contributed by atoms with Crippen molar-refractivity contribution in [1.29, 1.82) is 0 Å². The van der Waals surface area contributed by atoms with Crippen molar-refractivity contribution in [3.63, 3.8) is 0 Å². The number of hydrogen-bond donors (Lipinski definition) is 1. The van der Waals surface area contributed by atoms with E-state index in [0.717, 1.165) is 15.6 Å². The molecule has 2 aromatic rings. The first-order valence-corrected chi connectivity index (χ1v) is 6.27. The highest BCUT2D eigenvalue weighted by Gasteiger charge is 2.04. The van der Waals surface area contributed by atoms with E-state index < -0.39 is 0 Å². The van der Waals surface area contributed by atoms with Gasteiger partial charge in [0.15, 0.2) is 0 Å². The van der Waals surface area contributed by atoms with Crippen LogP contribution in [-0.2, 0) is 0 Å². The topological polar surface area (TPSA) is 35.2 Å². The number of nitrogens with two attached hydrogens (primary N) is 1. The third-order valence-electron chi connectivity index (χ3n) is 2.47. The molecule has 0 radical (unpaired) electrons. The molecule has 0 atom stereocenters. The molecule has 0 bridgehead atoms. The van der Waals surface area contributed by atoms with Crippen molar-refractivity contribution in [2.45, 2.75) is 0 Å². The summed E-state index contributed by atoms with van der Waals surface area (Å²) >= 11 is 3.58. The molecule has 0 aliphatic heterocycles. The molecule has 0 heterocycles. The van der Waals surface area contributed by atoms with Crippen LogP contribution >= 0.6 is 15.9 Å². The number of rotatable bonds is 4. The Labute approximate surface area is 109 Å². The maximum Gasteiger partial charge on any atom is 0.134 e. The lowest BCUT2D eigenvalue weighted by molar-refractivity contribution is 0.361. The third-order valence-corrected chi connectivity index (χ3v) is 3.28. The maximum absolute atomic E-state index is 5.66. The van der Waals surface area contributed by atoms with E-state index in [4.69, 9.17) is 10.5 Å². The summed E-state index contributed by atoms with van der Waals surface area (Å²) < 4.78 is 6.65. The van der Waals surface area contributed by atoms with Gasteiger partial charge in [-0.1, -0.05) is 42.5 Å². The van der Waals surface area contributed by atoms with Gasteiger partial charge in [-0.15, -0.1) is 0 Å². The summed E-state index contributed by atoms with van der Waals surface area (Å²) in [6, 6.07) is 12.2. The Morgan fingerprint density at radius 1 is 1.12 bits per heavy atom. The van der Waals surface area contributed by atoms with Gasteiger partial charge in [-0.3, -0.25) is 0 Å². The van der Waals surface area contributed by atoms with Crippen molar-refractivity contribution in [2.24, 2.45) is 5.73 Å². The Balaban J connectivity index is 2.23. The van der Waals surface area contributed by atoms with E-state index in [2.05, 4.69) is 34.1 Å². The van der Waals surface area contributed by atoms with Crippen LogP contribution in [0.15, 0.2) is 53.0 Å². The molecule has 17 heavy (non-hydrogen) atoms. The second-order valence-electron chi connectivity index (χ2n) is 3.62. The molecule has 0 aromatic heterocycles. The molecule has 2 nitrogen and oxygen atoms in total. The summed E-state index contributed by atoms with van der Waals surface area (Å²) in [7, 11) is 0. The predicted molar refractivity (Wildman–Crippen MR) is 75.3 cm³/mol. The Morgan fingerprint density at radius 2 is 1.94 bits per heavy atom. The van der Waals surface area contributed by atoms with Gasteiger partial charge in [0.25, 0.3) is 0 Å². The normalized spacial score (nSPS) is 11.2. The lowest BCUT2D eigenvalue weighted by Crippen LogP contribution is -1.97. The predicted octanol–water partition coefficient (Wildman–Crippen LogP) is 3.50. The van der Waals surface area contributed by atoms with Gasteiger partial charge in [-0.2, -0.15) is 0 Å². The fraction of sp³-hybridized carbons (Fsp3) is 0.143. The van der Waals surface area contributed by atoms with Gasteiger partial charge in [-0.05, 0) is 32.8 Å². The van der Waals surface area contributed by atoms with E-state index in [1.54, 1.807) is 0 Å². The van der Waals surface area contributed by atoms with Crippen molar-refractivity contribution in [3.8, 4) is 5.75 Å². The molecule has 0 fully saturated rings. The number of benzene rings is 2. The molecule has 0 aliphatic carbocycles. The number of fused-ring (bicyclic) bond motifs is 1. The molecule has 0 saturated heterocycles. The zero-order valence-electron chi connectivity index (χ0n) is 9.40. The van der Waals surface area contributed by atoms with Crippen molar-refractivity contribution in [3.05, 3.63) is 53.0 Å². The van der Waals surface area contributed by atoms with Crippen LogP contribution in [0.1, 0.15) is 0 Å². The Hall–Kier alpha value is -1.32. The molecular weight excluding hydrogens is 278 g/mol. The van der Waals surface area contributed by atoms with E-state index >= 15 is 0 Å². The summed E-state index contributed by atoms with van der Waals surface area (Å²) in [5.74, 6) is 0.852. The highest BCUT2D eigenvalue weighted by molar-refractivity contribution is 9.10. The minimum atomic E-state index is 0.536. The summed E-state index contributed by atoms with van der Waals surface area (Å²) in [6.07, 6.45) is 3.80. The van der Waals surface area contributed by atoms with Crippen LogP contribution in [0.25, 0.3) is 10.8 Å². The van der Waals surface area contributed by atoms with E-state index in [1.165, 1.54) is 5.39 Å². The highest BCUT2D eigenvalue weighted by Crippen LogP contribution is 2.32. The molecule has 0 unspecified atom stereocenters. The largest absolute Gasteiger partial charge is 0.488 e. The molecule has 3 heteroatoms. The summed E-state index contributed by atoms with van der Waals surface area (Å²) in [6.45, 7) is 1.08. The van der Waals surface area contributed by atoms with E-state index in [1.807, 2.05) is 30.4 Å². The zero-order valence-corrected chi connectivity index (χ0v) is 11.0.